The van der Waals surface area contributed by atoms with Gasteiger partial charge in [0.1, 0.15) is 5.82 Å². The second-order valence-corrected chi connectivity index (χ2v) is 8.02. The van der Waals surface area contributed by atoms with Crippen LogP contribution in [0, 0.1) is 35.1 Å². The molecule has 0 atom stereocenters. The highest BCUT2D eigenvalue weighted by Crippen LogP contribution is 2.31. The number of hydrogen-bond donors (Lipinski definition) is 0. The molecule has 0 spiro atoms. The predicted octanol–water partition coefficient (Wildman–Crippen LogP) is 8.20. The molecule has 0 fully saturated rings. The summed E-state index contributed by atoms with van der Waals surface area (Å²) in [6.45, 7) is 2.19. The van der Waals surface area contributed by atoms with E-state index in [1.165, 1.54) is 30.9 Å². The van der Waals surface area contributed by atoms with Crippen molar-refractivity contribution in [1.29, 1.82) is 0 Å². The average Bonchev–Trinajstić information content (AvgIpc) is 2.82. The van der Waals surface area contributed by atoms with Gasteiger partial charge in [-0.25, -0.2) is 17.6 Å². The summed E-state index contributed by atoms with van der Waals surface area (Å²) in [5, 5.41) is 0.900. The molecule has 4 heteroatoms. The smallest absolute Gasteiger partial charge is 0.194 e. The average molecular weight is 446 g/mol. The van der Waals surface area contributed by atoms with Crippen molar-refractivity contribution in [3.63, 3.8) is 0 Å². The standard InChI is InChI=1S/C29H22F4/c1-2-3-4-5-19-6-8-20(9-7-19)10-11-21-12-14-24-22(16-21)13-15-25(28(24)32)23-17-26(30)29(33)27(31)18-23/h6-9,12-18H,2-5H2,1H3. The molecule has 0 bridgehead atoms. The van der Waals surface area contributed by atoms with Crippen molar-refractivity contribution in [2.24, 2.45) is 0 Å². The van der Waals surface area contributed by atoms with Crippen LogP contribution in [0.3, 0.4) is 0 Å². The first-order valence-corrected chi connectivity index (χ1v) is 10.9. The molecule has 0 aliphatic carbocycles. The Labute approximate surface area is 190 Å². The molecule has 4 aromatic carbocycles. The third kappa shape index (κ3) is 5.09. The van der Waals surface area contributed by atoms with Crippen LogP contribution in [0.5, 0.6) is 0 Å². The summed E-state index contributed by atoms with van der Waals surface area (Å²) in [6, 6.07) is 17.9. The molecule has 4 aromatic rings. The van der Waals surface area contributed by atoms with Crippen LogP contribution in [0.15, 0.2) is 66.7 Å². The number of hydrogen-bond acceptors (Lipinski definition) is 0. The lowest BCUT2D eigenvalue weighted by atomic mass is 9.98. The Balaban J connectivity index is 1.58. The Kier molecular flexibility index (Phi) is 6.79. The van der Waals surface area contributed by atoms with E-state index in [2.05, 4.69) is 30.9 Å². The van der Waals surface area contributed by atoms with E-state index in [1.807, 2.05) is 12.1 Å². The minimum Gasteiger partial charge on any atom is -0.206 e. The number of unbranched alkanes of at least 4 members (excludes halogenated alkanes) is 2. The topological polar surface area (TPSA) is 0 Å². The molecule has 0 nitrogen and oxygen atoms in total. The van der Waals surface area contributed by atoms with Crippen LogP contribution in [-0.4, -0.2) is 0 Å². The first-order valence-electron chi connectivity index (χ1n) is 10.9. The summed E-state index contributed by atoms with van der Waals surface area (Å²) in [4.78, 5) is 0. The fourth-order valence-electron chi connectivity index (χ4n) is 3.78. The Morgan fingerprint density at radius 3 is 2.03 bits per heavy atom. The lowest BCUT2D eigenvalue weighted by molar-refractivity contribution is 0.447. The summed E-state index contributed by atoms with van der Waals surface area (Å²) in [5.41, 5.74) is 2.86. The zero-order chi connectivity index (χ0) is 23.4. The summed E-state index contributed by atoms with van der Waals surface area (Å²) in [7, 11) is 0. The molecule has 0 N–H and O–H groups in total. The first-order chi connectivity index (χ1) is 16.0. The molecule has 0 saturated carbocycles. The van der Waals surface area contributed by atoms with Crippen LogP contribution in [0.2, 0.25) is 0 Å². The summed E-state index contributed by atoms with van der Waals surface area (Å²) >= 11 is 0. The van der Waals surface area contributed by atoms with E-state index in [9.17, 15) is 13.2 Å². The van der Waals surface area contributed by atoms with E-state index in [0.717, 1.165) is 29.7 Å². The Bertz CT molecular complexity index is 1340. The summed E-state index contributed by atoms with van der Waals surface area (Å²) < 4.78 is 55.5. The Morgan fingerprint density at radius 1 is 0.667 bits per heavy atom. The largest absolute Gasteiger partial charge is 0.206 e. The fraction of sp³-hybridized carbons (Fsp3) is 0.172. The second kappa shape index (κ2) is 9.92. The SMILES string of the molecule is CCCCCc1ccc(C#Cc2ccc3c(F)c(-c4cc(F)c(F)c(F)c4)ccc3c2)cc1. The van der Waals surface area contributed by atoms with Crippen molar-refractivity contribution in [2.75, 3.05) is 0 Å². The van der Waals surface area contributed by atoms with Crippen LogP contribution in [0.4, 0.5) is 17.6 Å². The molecule has 0 aliphatic rings. The van der Waals surface area contributed by atoms with Gasteiger partial charge in [-0.3, -0.25) is 0 Å². The van der Waals surface area contributed by atoms with Crippen molar-refractivity contribution >= 4 is 10.8 Å². The van der Waals surface area contributed by atoms with Crippen molar-refractivity contribution in [3.05, 3.63) is 107 Å². The molecule has 0 aromatic heterocycles. The normalized spacial score (nSPS) is 10.8. The van der Waals surface area contributed by atoms with E-state index in [-0.39, 0.29) is 11.1 Å². The molecule has 0 radical (unpaired) electrons. The molecule has 0 aliphatic heterocycles. The summed E-state index contributed by atoms with van der Waals surface area (Å²) in [5.74, 6) is 1.31. The molecule has 4 rings (SSSR count). The van der Waals surface area contributed by atoms with Gasteiger partial charge in [-0.1, -0.05) is 61.9 Å². The van der Waals surface area contributed by atoms with Gasteiger partial charge < -0.3 is 0 Å². The van der Waals surface area contributed by atoms with E-state index in [0.29, 0.717) is 10.8 Å². The van der Waals surface area contributed by atoms with Crippen LogP contribution >= 0.6 is 0 Å². The van der Waals surface area contributed by atoms with E-state index >= 15 is 4.39 Å². The number of rotatable bonds is 5. The number of halogens is 4. The predicted molar refractivity (Wildman–Crippen MR) is 125 cm³/mol. The van der Waals surface area contributed by atoms with Crippen LogP contribution in [0.25, 0.3) is 21.9 Å². The van der Waals surface area contributed by atoms with Crippen molar-refractivity contribution in [3.8, 4) is 23.0 Å². The fourth-order valence-corrected chi connectivity index (χ4v) is 3.78. The number of fused-ring (bicyclic) bond motifs is 1. The third-order valence-corrected chi connectivity index (χ3v) is 5.62. The maximum atomic E-state index is 15.1. The van der Waals surface area contributed by atoms with Gasteiger partial charge in [0.25, 0.3) is 0 Å². The van der Waals surface area contributed by atoms with E-state index in [4.69, 9.17) is 0 Å². The minimum absolute atomic E-state index is 0.00170. The molecule has 0 heterocycles. The summed E-state index contributed by atoms with van der Waals surface area (Å²) in [6.07, 6.45) is 4.67. The maximum Gasteiger partial charge on any atom is 0.194 e. The van der Waals surface area contributed by atoms with Gasteiger partial charge in [0.15, 0.2) is 17.5 Å². The van der Waals surface area contributed by atoms with E-state index in [1.54, 1.807) is 24.3 Å². The van der Waals surface area contributed by atoms with Crippen molar-refractivity contribution in [2.45, 2.75) is 32.6 Å². The van der Waals surface area contributed by atoms with Gasteiger partial charge in [0.05, 0.1) is 0 Å². The van der Waals surface area contributed by atoms with Crippen molar-refractivity contribution < 1.29 is 17.6 Å². The zero-order valence-corrected chi connectivity index (χ0v) is 18.2. The van der Waals surface area contributed by atoms with Gasteiger partial charge in [0, 0.05) is 22.1 Å². The Hall–Kier alpha value is -3.58. The lowest BCUT2D eigenvalue weighted by Gasteiger charge is -2.08. The highest BCUT2D eigenvalue weighted by Gasteiger charge is 2.15. The monoisotopic (exact) mass is 446 g/mol. The van der Waals surface area contributed by atoms with Gasteiger partial charge in [-0.2, -0.15) is 0 Å². The number of benzene rings is 4. The van der Waals surface area contributed by atoms with Gasteiger partial charge in [0.2, 0.25) is 0 Å². The van der Waals surface area contributed by atoms with Crippen LogP contribution < -0.4 is 0 Å². The molecule has 0 unspecified atom stereocenters. The van der Waals surface area contributed by atoms with Crippen molar-refractivity contribution in [1.82, 2.24) is 0 Å². The van der Waals surface area contributed by atoms with Crippen LogP contribution in [0.1, 0.15) is 42.9 Å². The first kappa shape index (κ1) is 22.6. The maximum absolute atomic E-state index is 15.1. The van der Waals surface area contributed by atoms with Gasteiger partial charge in [-0.15, -0.1) is 0 Å². The molecule has 0 saturated heterocycles. The third-order valence-electron chi connectivity index (χ3n) is 5.62. The Morgan fingerprint density at radius 2 is 1.33 bits per heavy atom. The van der Waals surface area contributed by atoms with Crippen LogP contribution in [-0.2, 0) is 6.42 Å². The molecule has 166 valence electrons. The zero-order valence-electron chi connectivity index (χ0n) is 18.2. The minimum atomic E-state index is -1.57. The molecule has 0 amide bonds. The van der Waals surface area contributed by atoms with Gasteiger partial charge >= 0.3 is 0 Å². The molecular formula is C29H22F4. The molecular weight excluding hydrogens is 424 g/mol. The highest BCUT2D eigenvalue weighted by atomic mass is 19.2. The number of aryl methyl sites for hydroxylation is 1. The quantitative estimate of drug-likeness (QED) is 0.125. The molecule has 33 heavy (non-hydrogen) atoms. The van der Waals surface area contributed by atoms with E-state index < -0.39 is 23.3 Å². The second-order valence-electron chi connectivity index (χ2n) is 8.02. The highest BCUT2D eigenvalue weighted by molar-refractivity contribution is 5.89. The lowest BCUT2D eigenvalue weighted by Crippen LogP contribution is -1.94. The van der Waals surface area contributed by atoms with Gasteiger partial charge in [-0.05, 0) is 65.8 Å².